The molecule has 29 heavy (non-hydrogen) atoms. The molecule has 0 saturated carbocycles. The number of nitrogens with zero attached hydrogens (tertiary/aromatic N) is 2. The number of non-ortho nitro benzene ring substituents is 1. The van der Waals surface area contributed by atoms with Crippen molar-refractivity contribution in [2.75, 3.05) is 4.90 Å². The second kappa shape index (κ2) is 7.61. The summed E-state index contributed by atoms with van der Waals surface area (Å²) >= 11 is 6.40. The molecule has 1 aromatic heterocycles. The highest BCUT2D eigenvalue weighted by Crippen LogP contribution is 2.36. The number of thioether (sulfide) groups is 1. The van der Waals surface area contributed by atoms with Gasteiger partial charge in [-0.3, -0.25) is 19.8 Å². The number of carbonyl (C=O) groups excluding carboxylic acids is 1. The van der Waals surface area contributed by atoms with Crippen molar-refractivity contribution < 1.29 is 18.5 Å². The first-order valence-electron chi connectivity index (χ1n) is 8.30. The van der Waals surface area contributed by atoms with E-state index in [1.54, 1.807) is 30.3 Å². The molecule has 0 N–H and O–H groups in total. The largest absolute Gasteiger partial charge is 0.457 e. The molecule has 6 nitrogen and oxygen atoms in total. The van der Waals surface area contributed by atoms with Gasteiger partial charge in [0.15, 0.2) is 4.32 Å². The van der Waals surface area contributed by atoms with Crippen LogP contribution in [0.4, 0.5) is 15.8 Å². The van der Waals surface area contributed by atoms with Crippen LogP contribution in [0.15, 0.2) is 70.0 Å². The number of carbonyl (C=O) groups is 1. The van der Waals surface area contributed by atoms with Crippen LogP contribution in [-0.4, -0.2) is 15.2 Å². The lowest BCUT2D eigenvalue weighted by Gasteiger charge is -2.14. The highest BCUT2D eigenvalue weighted by atomic mass is 32.2. The van der Waals surface area contributed by atoms with Crippen LogP contribution >= 0.6 is 24.0 Å². The maximum atomic E-state index is 13.1. The summed E-state index contributed by atoms with van der Waals surface area (Å²) in [5.41, 5.74) is 0.993. The summed E-state index contributed by atoms with van der Waals surface area (Å²) < 4.78 is 19.2. The maximum absolute atomic E-state index is 13.1. The normalized spacial score (nSPS) is 15.3. The van der Waals surface area contributed by atoms with E-state index in [4.69, 9.17) is 16.6 Å². The molecular formula is C20H11FN2O4S2. The molecule has 0 spiro atoms. The fourth-order valence-electron chi connectivity index (χ4n) is 2.77. The number of hydrogen-bond donors (Lipinski definition) is 0. The Morgan fingerprint density at radius 2 is 1.90 bits per heavy atom. The molecule has 0 aliphatic carbocycles. The first kappa shape index (κ1) is 19.0. The van der Waals surface area contributed by atoms with E-state index in [0.29, 0.717) is 32.0 Å². The average molecular weight is 426 g/mol. The van der Waals surface area contributed by atoms with Crippen LogP contribution in [0.5, 0.6) is 0 Å². The van der Waals surface area contributed by atoms with Gasteiger partial charge in [0.05, 0.1) is 15.5 Å². The van der Waals surface area contributed by atoms with E-state index in [0.717, 1.165) is 11.8 Å². The highest BCUT2D eigenvalue weighted by molar-refractivity contribution is 8.27. The first-order valence-corrected chi connectivity index (χ1v) is 9.53. The molecule has 3 aromatic rings. The van der Waals surface area contributed by atoms with Crippen LogP contribution in [0, 0.1) is 15.9 Å². The van der Waals surface area contributed by atoms with E-state index in [9.17, 15) is 19.3 Å². The lowest BCUT2D eigenvalue weighted by Crippen LogP contribution is -2.27. The molecule has 0 atom stereocenters. The lowest BCUT2D eigenvalue weighted by atomic mass is 10.1. The van der Waals surface area contributed by atoms with Crippen molar-refractivity contribution >= 4 is 51.7 Å². The molecule has 0 radical (unpaired) electrons. The minimum absolute atomic E-state index is 0.0411. The predicted molar refractivity (Wildman–Crippen MR) is 113 cm³/mol. The number of furan rings is 1. The average Bonchev–Trinajstić information content (AvgIpc) is 3.28. The van der Waals surface area contributed by atoms with E-state index >= 15 is 0 Å². The number of rotatable bonds is 4. The minimum atomic E-state index is -0.478. The van der Waals surface area contributed by atoms with E-state index in [-0.39, 0.29) is 11.6 Å². The maximum Gasteiger partial charge on any atom is 0.270 e. The van der Waals surface area contributed by atoms with Crippen LogP contribution in [-0.2, 0) is 4.79 Å². The molecular weight excluding hydrogens is 415 g/mol. The summed E-state index contributed by atoms with van der Waals surface area (Å²) in [6.45, 7) is 0. The quantitative estimate of drug-likeness (QED) is 0.241. The number of hydrogen-bond acceptors (Lipinski definition) is 6. The third-order valence-corrected chi connectivity index (χ3v) is 5.42. The Bertz CT molecular complexity index is 1170. The highest BCUT2D eigenvalue weighted by Gasteiger charge is 2.33. The molecule has 4 rings (SSSR count). The molecule has 2 aromatic carbocycles. The van der Waals surface area contributed by atoms with Gasteiger partial charge in [0.25, 0.3) is 11.6 Å². The van der Waals surface area contributed by atoms with Gasteiger partial charge in [-0.1, -0.05) is 36.1 Å². The Hall–Kier alpha value is -3.30. The lowest BCUT2D eigenvalue weighted by molar-refractivity contribution is -0.384. The number of amides is 1. The summed E-state index contributed by atoms with van der Waals surface area (Å²) in [7, 11) is 0. The van der Waals surface area contributed by atoms with Gasteiger partial charge in [-0.2, -0.15) is 0 Å². The Morgan fingerprint density at radius 3 is 2.62 bits per heavy atom. The van der Waals surface area contributed by atoms with Gasteiger partial charge >= 0.3 is 0 Å². The molecule has 1 aliphatic heterocycles. The van der Waals surface area contributed by atoms with Crippen molar-refractivity contribution in [3.05, 3.63) is 87.3 Å². The number of nitro benzene ring substituents is 1. The Balaban J connectivity index is 1.60. The predicted octanol–water partition coefficient (Wildman–Crippen LogP) is 5.40. The summed E-state index contributed by atoms with van der Waals surface area (Å²) in [4.78, 5) is 24.9. The fourth-order valence-corrected chi connectivity index (χ4v) is 4.05. The van der Waals surface area contributed by atoms with Crippen molar-refractivity contribution in [3.63, 3.8) is 0 Å². The summed E-state index contributed by atoms with van der Waals surface area (Å²) in [6, 6.07) is 14.9. The van der Waals surface area contributed by atoms with Crippen LogP contribution in [0.3, 0.4) is 0 Å². The molecule has 1 aliphatic rings. The van der Waals surface area contributed by atoms with Crippen molar-refractivity contribution in [1.82, 2.24) is 0 Å². The van der Waals surface area contributed by atoms with Gasteiger partial charge in [-0.15, -0.1) is 0 Å². The van der Waals surface area contributed by atoms with E-state index in [1.165, 1.54) is 41.3 Å². The molecule has 1 saturated heterocycles. The van der Waals surface area contributed by atoms with Crippen LogP contribution < -0.4 is 4.90 Å². The molecule has 1 amide bonds. The zero-order chi connectivity index (χ0) is 20.5. The Kier molecular flexibility index (Phi) is 4.99. The van der Waals surface area contributed by atoms with Crippen molar-refractivity contribution in [3.8, 4) is 11.3 Å². The second-order valence-electron chi connectivity index (χ2n) is 6.00. The summed E-state index contributed by atoms with van der Waals surface area (Å²) in [6.07, 6.45) is 1.56. The zero-order valence-corrected chi connectivity index (χ0v) is 16.2. The Morgan fingerprint density at radius 1 is 1.14 bits per heavy atom. The summed E-state index contributed by atoms with van der Waals surface area (Å²) in [5.74, 6) is 0.110. The van der Waals surface area contributed by atoms with Crippen molar-refractivity contribution in [1.29, 1.82) is 0 Å². The molecule has 0 bridgehead atoms. The molecule has 0 unspecified atom stereocenters. The number of halogens is 1. The minimum Gasteiger partial charge on any atom is -0.457 e. The van der Waals surface area contributed by atoms with Crippen molar-refractivity contribution in [2.24, 2.45) is 0 Å². The van der Waals surface area contributed by atoms with Crippen LogP contribution in [0.2, 0.25) is 0 Å². The van der Waals surface area contributed by atoms with Crippen LogP contribution in [0.25, 0.3) is 17.4 Å². The number of nitro groups is 1. The topological polar surface area (TPSA) is 76.6 Å². The van der Waals surface area contributed by atoms with Gasteiger partial charge in [0, 0.05) is 23.8 Å². The van der Waals surface area contributed by atoms with Crippen LogP contribution in [0.1, 0.15) is 5.76 Å². The third-order valence-electron chi connectivity index (χ3n) is 4.12. The monoisotopic (exact) mass is 426 g/mol. The Labute approximate surface area is 173 Å². The fraction of sp³-hybridized carbons (Fsp3) is 0. The molecule has 9 heteroatoms. The SMILES string of the molecule is O=C1C(=Cc2ccc(-c3cccc([N+](=O)[O-])c3)o2)SC(=S)N1c1ccc(F)cc1. The number of anilines is 1. The molecule has 2 heterocycles. The zero-order valence-electron chi connectivity index (χ0n) is 14.6. The van der Waals surface area contributed by atoms with Gasteiger partial charge < -0.3 is 4.42 Å². The first-order chi connectivity index (χ1) is 13.9. The van der Waals surface area contributed by atoms with E-state index < -0.39 is 10.7 Å². The van der Waals surface area contributed by atoms with Crippen molar-refractivity contribution in [2.45, 2.75) is 0 Å². The third kappa shape index (κ3) is 3.82. The molecule has 1 fully saturated rings. The van der Waals surface area contributed by atoms with Gasteiger partial charge in [0.2, 0.25) is 0 Å². The second-order valence-corrected chi connectivity index (χ2v) is 7.68. The molecule has 144 valence electrons. The number of benzene rings is 2. The van der Waals surface area contributed by atoms with E-state index in [1.807, 2.05) is 0 Å². The van der Waals surface area contributed by atoms with Gasteiger partial charge in [0.1, 0.15) is 17.3 Å². The summed E-state index contributed by atoms with van der Waals surface area (Å²) in [5, 5.41) is 10.9. The van der Waals surface area contributed by atoms with E-state index in [2.05, 4.69) is 0 Å². The standard InChI is InChI=1S/C20H11FN2O4S2/c21-13-4-6-14(7-5-13)22-19(24)18(29-20(22)28)11-16-8-9-17(27-16)12-2-1-3-15(10-12)23(25)26/h1-11H. The smallest absolute Gasteiger partial charge is 0.270 e. The number of thiocarbonyl (C=S) groups is 1. The van der Waals surface area contributed by atoms with Gasteiger partial charge in [-0.05, 0) is 36.4 Å². The van der Waals surface area contributed by atoms with Gasteiger partial charge in [-0.25, -0.2) is 4.39 Å².